The molecule has 0 aromatic heterocycles. The third kappa shape index (κ3) is 4.35. The maximum Gasteiger partial charge on any atom is 0.332 e. The van der Waals surface area contributed by atoms with E-state index in [4.69, 9.17) is 21.4 Å². The number of rotatable bonds is 4. The zero-order chi connectivity index (χ0) is 8.15. The number of hydrogen-bond donors (Lipinski definition) is 1. The molecule has 0 radical (unpaired) electrons. The summed E-state index contributed by atoms with van der Waals surface area (Å²) in [6, 6.07) is 0. The number of aliphatic carboxylic acids is 1. The number of ether oxygens (including phenoxy) is 1. The second-order valence-electron chi connectivity index (χ2n) is 1.81. The number of carboxylic acids is 1. The monoisotopic (exact) mass is 164 g/mol. The summed E-state index contributed by atoms with van der Waals surface area (Å²) in [5.41, 5.74) is 0. The van der Waals surface area contributed by atoms with Crippen molar-refractivity contribution >= 4 is 17.6 Å². The molecule has 0 amide bonds. The van der Waals surface area contributed by atoms with Gasteiger partial charge in [0.2, 0.25) is 0 Å². The maximum absolute atomic E-state index is 10.1. The quantitative estimate of drug-likeness (QED) is 0.680. The van der Waals surface area contributed by atoms with E-state index in [1.165, 1.54) is 6.92 Å². The second-order valence-corrected chi connectivity index (χ2v) is 2.34. The first-order chi connectivity index (χ1) is 4.54. The Labute approximate surface area is 64.2 Å². The van der Waals surface area contributed by atoms with Crippen LogP contribution in [0.1, 0.15) is 6.92 Å². The lowest BCUT2D eigenvalue weighted by atomic mass is 10.4. The summed E-state index contributed by atoms with van der Waals surface area (Å²) < 4.78 is 4.73. The average Bonchev–Trinajstić information content (AvgIpc) is 1.82. The van der Waals surface area contributed by atoms with Crippen molar-refractivity contribution in [3.8, 4) is 0 Å². The van der Waals surface area contributed by atoms with Gasteiger partial charge in [0.25, 0.3) is 0 Å². The van der Waals surface area contributed by atoms with E-state index in [-0.39, 0.29) is 6.61 Å². The Morgan fingerprint density at radius 1 is 1.90 bits per heavy atom. The first kappa shape index (κ1) is 9.46. The molecule has 0 aliphatic rings. The van der Waals surface area contributed by atoms with Gasteiger partial charge in [-0.3, -0.25) is 0 Å². The minimum Gasteiger partial charge on any atom is -0.479 e. The minimum atomic E-state index is -1.00. The summed E-state index contributed by atoms with van der Waals surface area (Å²) in [6.45, 7) is 4.85. The molecule has 0 heterocycles. The van der Waals surface area contributed by atoms with Crippen molar-refractivity contribution in [1.82, 2.24) is 0 Å². The fraction of sp³-hybridized carbons (Fsp3) is 0.500. The van der Waals surface area contributed by atoms with Crippen LogP contribution in [-0.2, 0) is 9.53 Å². The van der Waals surface area contributed by atoms with Crippen LogP contribution in [0.4, 0.5) is 0 Å². The number of halogens is 1. The van der Waals surface area contributed by atoms with Gasteiger partial charge in [-0.1, -0.05) is 18.2 Å². The highest BCUT2D eigenvalue weighted by Gasteiger charge is 2.09. The van der Waals surface area contributed by atoms with Gasteiger partial charge in [0.15, 0.2) is 6.10 Å². The molecule has 58 valence electrons. The fourth-order valence-electron chi connectivity index (χ4n) is 0.287. The van der Waals surface area contributed by atoms with Crippen LogP contribution >= 0.6 is 11.6 Å². The predicted molar refractivity (Wildman–Crippen MR) is 38.0 cm³/mol. The Morgan fingerprint density at radius 3 is 2.70 bits per heavy atom. The van der Waals surface area contributed by atoms with Gasteiger partial charge in [-0.25, -0.2) is 4.79 Å². The summed E-state index contributed by atoms with van der Waals surface area (Å²) in [7, 11) is 0. The maximum atomic E-state index is 10.1. The van der Waals surface area contributed by atoms with Gasteiger partial charge in [-0.05, 0) is 6.92 Å². The highest BCUT2D eigenvalue weighted by molar-refractivity contribution is 6.29. The molecule has 0 fully saturated rings. The lowest BCUT2D eigenvalue weighted by Gasteiger charge is -2.05. The zero-order valence-electron chi connectivity index (χ0n) is 5.63. The van der Waals surface area contributed by atoms with Gasteiger partial charge in [-0.2, -0.15) is 0 Å². The third-order valence-corrected chi connectivity index (χ3v) is 0.947. The van der Waals surface area contributed by atoms with Gasteiger partial charge < -0.3 is 9.84 Å². The summed E-state index contributed by atoms with van der Waals surface area (Å²) in [5, 5.41) is 8.60. The van der Waals surface area contributed by atoms with Gasteiger partial charge in [0.1, 0.15) is 0 Å². The van der Waals surface area contributed by atoms with E-state index in [1.807, 2.05) is 0 Å². The summed E-state index contributed by atoms with van der Waals surface area (Å²) in [4.78, 5) is 10.1. The average molecular weight is 165 g/mol. The largest absolute Gasteiger partial charge is 0.479 e. The van der Waals surface area contributed by atoms with Crippen molar-refractivity contribution in [2.45, 2.75) is 13.0 Å². The van der Waals surface area contributed by atoms with Gasteiger partial charge >= 0.3 is 5.97 Å². The van der Waals surface area contributed by atoms with Gasteiger partial charge in [0, 0.05) is 5.03 Å². The van der Waals surface area contributed by atoms with E-state index in [0.717, 1.165) is 0 Å². The SMILES string of the molecule is C=C(Cl)CO[C@H](C)C(=O)O. The van der Waals surface area contributed by atoms with Crippen LogP contribution < -0.4 is 0 Å². The molecule has 3 nitrogen and oxygen atoms in total. The van der Waals surface area contributed by atoms with Crippen LogP contribution in [-0.4, -0.2) is 23.8 Å². The molecule has 0 bridgehead atoms. The Hall–Kier alpha value is -0.540. The fourth-order valence-corrected chi connectivity index (χ4v) is 0.350. The van der Waals surface area contributed by atoms with E-state index >= 15 is 0 Å². The van der Waals surface area contributed by atoms with Crippen LogP contribution in [0.5, 0.6) is 0 Å². The van der Waals surface area contributed by atoms with Gasteiger partial charge in [0.05, 0.1) is 6.61 Å². The van der Waals surface area contributed by atoms with Crippen molar-refractivity contribution in [2.24, 2.45) is 0 Å². The normalized spacial score (nSPS) is 12.6. The summed E-state index contributed by atoms with van der Waals surface area (Å²) in [6.07, 6.45) is -0.824. The Bertz CT molecular complexity index is 144. The summed E-state index contributed by atoms with van der Waals surface area (Å²) in [5.74, 6) is -1.00. The van der Waals surface area contributed by atoms with Crippen LogP contribution in [0.3, 0.4) is 0 Å². The number of hydrogen-bond acceptors (Lipinski definition) is 2. The van der Waals surface area contributed by atoms with Crippen molar-refractivity contribution in [1.29, 1.82) is 0 Å². The van der Waals surface area contributed by atoms with E-state index < -0.39 is 12.1 Å². The van der Waals surface area contributed by atoms with Crippen LogP contribution in [0.15, 0.2) is 11.6 Å². The molecule has 0 rings (SSSR count). The van der Waals surface area contributed by atoms with Crippen molar-refractivity contribution in [3.05, 3.63) is 11.6 Å². The van der Waals surface area contributed by atoms with Crippen molar-refractivity contribution in [2.75, 3.05) is 6.61 Å². The lowest BCUT2D eigenvalue weighted by Crippen LogP contribution is -2.20. The number of carboxylic acid groups (broad SMARTS) is 1. The molecule has 1 atom stereocenters. The Kier molecular flexibility index (Phi) is 4.07. The molecular weight excluding hydrogens is 156 g/mol. The highest BCUT2D eigenvalue weighted by Crippen LogP contribution is 1.99. The molecular formula is C6H9ClO3. The van der Waals surface area contributed by atoms with Crippen molar-refractivity contribution < 1.29 is 14.6 Å². The van der Waals surface area contributed by atoms with Crippen molar-refractivity contribution in [3.63, 3.8) is 0 Å². The van der Waals surface area contributed by atoms with Crippen LogP contribution in [0.25, 0.3) is 0 Å². The molecule has 4 heteroatoms. The van der Waals surface area contributed by atoms with E-state index in [0.29, 0.717) is 5.03 Å². The van der Waals surface area contributed by atoms with Crippen LogP contribution in [0.2, 0.25) is 0 Å². The molecule has 10 heavy (non-hydrogen) atoms. The standard InChI is InChI=1S/C6H9ClO3/c1-4(7)3-10-5(2)6(8)9/h5H,1,3H2,2H3,(H,8,9)/t5-/m1/s1. The Morgan fingerprint density at radius 2 is 2.40 bits per heavy atom. The second kappa shape index (κ2) is 4.30. The predicted octanol–water partition coefficient (Wildman–Crippen LogP) is 1.23. The molecule has 0 spiro atoms. The topological polar surface area (TPSA) is 46.5 Å². The molecule has 0 saturated heterocycles. The number of carbonyl (C=O) groups is 1. The molecule has 0 aromatic rings. The smallest absolute Gasteiger partial charge is 0.332 e. The minimum absolute atomic E-state index is 0.0784. The van der Waals surface area contributed by atoms with E-state index in [9.17, 15) is 4.79 Å². The molecule has 0 aliphatic carbocycles. The van der Waals surface area contributed by atoms with Gasteiger partial charge in [-0.15, -0.1) is 0 Å². The zero-order valence-corrected chi connectivity index (χ0v) is 6.39. The Balaban J connectivity index is 3.49. The molecule has 0 unspecified atom stereocenters. The molecule has 1 N–H and O–H groups in total. The van der Waals surface area contributed by atoms with E-state index in [1.54, 1.807) is 0 Å². The highest BCUT2D eigenvalue weighted by atomic mass is 35.5. The molecule has 0 aliphatic heterocycles. The third-order valence-electron chi connectivity index (χ3n) is 0.838. The lowest BCUT2D eigenvalue weighted by molar-refractivity contribution is -0.148. The first-order valence-corrected chi connectivity index (χ1v) is 3.09. The first-order valence-electron chi connectivity index (χ1n) is 2.71. The van der Waals surface area contributed by atoms with Crippen LogP contribution in [0, 0.1) is 0 Å². The summed E-state index contributed by atoms with van der Waals surface area (Å²) >= 11 is 5.31. The molecule has 0 aromatic carbocycles. The van der Waals surface area contributed by atoms with E-state index in [2.05, 4.69) is 6.58 Å². The molecule has 0 saturated carbocycles.